The summed E-state index contributed by atoms with van der Waals surface area (Å²) in [5.41, 5.74) is 0.505. The fourth-order valence-corrected chi connectivity index (χ4v) is 3.72. The number of nitrogens with one attached hydrogen (secondary N) is 1. The van der Waals surface area contributed by atoms with Crippen LogP contribution >= 0.6 is 0 Å². The average molecular weight is 210 g/mol. The summed E-state index contributed by atoms with van der Waals surface area (Å²) in [5.74, 6) is 0.867. The van der Waals surface area contributed by atoms with Crippen molar-refractivity contribution >= 4 is 0 Å². The highest BCUT2D eigenvalue weighted by Crippen LogP contribution is 2.53. The summed E-state index contributed by atoms with van der Waals surface area (Å²) in [6.07, 6.45) is 5.47. The highest BCUT2D eigenvalue weighted by molar-refractivity contribution is 5.18. The van der Waals surface area contributed by atoms with Gasteiger partial charge in [-0.25, -0.2) is 0 Å². The molecule has 0 aromatic carbocycles. The van der Waals surface area contributed by atoms with Crippen LogP contribution in [0.3, 0.4) is 0 Å². The van der Waals surface area contributed by atoms with E-state index in [4.69, 9.17) is 5.11 Å². The van der Waals surface area contributed by atoms with Gasteiger partial charge in [0.25, 0.3) is 0 Å². The first-order valence-corrected chi connectivity index (χ1v) is 6.38. The summed E-state index contributed by atoms with van der Waals surface area (Å²) in [5, 5.41) is 12.8. The van der Waals surface area contributed by atoms with Crippen LogP contribution < -0.4 is 5.32 Å². The van der Waals surface area contributed by atoms with Gasteiger partial charge in [-0.2, -0.15) is 0 Å². The molecule has 1 spiro atoms. The maximum Gasteiger partial charge on any atom is 0.0582 e. The Morgan fingerprint density at radius 1 is 1.40 bits per heavy atom. The van der Waals surface area contributed by atoms with E-state index in [-0.39, 0.29) is 12.6 Å². The van der Waals surface area contributed by atoms with Crippen molar-refractivity contribution in [3.05, 3.63) is 0 Å². The summed E-state index contributed by atoms with van der Waals surface area (Å²) in [7, 11) is 0. The Morgan fingerprint density at radius 2 is 2.07 bits per heavy atom. The Kier molecular flexibility index (Phi) is 2.31. The molecule has 2 atom stereocenters. The third-order valence-electron chi connectivity index (χ3n) is 4.72. The molecular formula is C12H22N2O. The largest absolute Gasteiger partial charge is 0.395 e. The van der Waals surface area contributed by atoms with E-state index in [1.165, 1.54) is 38.8 Å². The third-order valence-corrected chi connectivity index (χ3v) is 4.72. The smallest absolute Gasteiger partial charge is 0.0582 e. The van der Waals surface area contributed by atoms with E-state index in [1.807, 2.05) is 0 Å². The number of nitrogens with zero attached hydrogens (tertiary/aromatic N) is 1. The van der Waals surface area contributed by atoms with E-state index in [0.717, 1.165) is 5.92 Å². The summed E-state index contributed by atoms with van der Waals surface area (Å²) >= 11 is 0. The van der Waals surface area contributed by atoms with Gasteiger partial charge in [0.2, 0.25) is 0 Å². The Labute approximate surface area is 91.8 Å². The van der Waals surface area contributed by atoms with E-state index < -0.39 is 0 Å². The van der Waals surface area contributed by atoms with Crippen molar-refractivity contribution in [2.75, 3.05) is 19.7 Å². The lowest BCUT2D eigenvalue weighted by Gasteiger charge is -2.53. The maximum atomic E-state index is 9.15. The van der Waals surface area contributed by atoms with Gasteiger partial charge in [-0.3, -0.25) is 4.90 Å². The molecule has 2 unspecified atom stereocenters. The molecule has 3 nitrogen and oxygen atoms in total. The number of hydrogen-bond acceptors (Lipinski definition) is 3. The van der Waals surface area contributed by atoms with Crippen LogP contribution in [0.15, 0.2) is 0 Å². The molecule has 15 heavy (non-hydrogen) atoms. The Morgan fingerprint density at radius 3 is 2.60 bits per heavy atom. The molecule has 1 aliphatic carbocycles. The van der Waals surface area contributed by atoms with Crippen LogP contribution in [0.5, 0.6) is 0 Å². The van der Waals surface area contributed by atoms with Gasteiger partial charge in [0.1, 0.15) is 0 Å². The predicted octanol–water partition coefficient (Wildman–Crippen LogP) is 0.584. The Bertz CT molecular complexity index is 244. The van der Waals surface area contributed by atoms with Gasteiger partial charge in [-0.15, -0.1) is 0 Å². The first-order chi connectivity index (χ1) is 7.26. The van der Waals surface area contributed by atoms with Crippen LogP contribution in [0.1, 0.15) is 32.6 Å². The van der Waals surface area contributed by atoms with Gasteiger partial charge >= 0.3 is 0 Å². The number of aliphatic hydroxyl groups excluding tert-OH is 1. The van der Waals surface area contributed by atoms with E-state index in [1.54, 1.807) is 0 Å². The van der Waals surface area contributed by atoms with Gasteiger partial charge in [0.15, 0.2) is 0 Å². The predicted molar refractivity (Wildman–Crippen MR) is 59.7 cm³/mol. The molecule has 0 aromatic heterocycles. The van der Waals surface area contributed by atoms with Crippen molar-refractivity contribution in [1.82, 2.24) is 10.2 Å². The molecular weight excluding hydrogens is 188 g/mol. The van der Waals surface area contributed by atoms with Gasteiger partial charge in [-0.05, 0) is 51.6 Å². The van der Waals surface area contributed by atoms with Gasteiger partial charge < -0.3 is 10.4 Å². The Hall–Kier alpha value is -0.120. The second-order valence-electron chi connectivity index (χ2n) is 5.66. The second kappa shape index (κ2) is 3.44. The SMILES string of the molecule is CC(CO)NC1C2CCN(CC2)C12CC2. The molecule has 0 radical (unpaired) electrons. The number of piperidine rings is 3. The zero-order chi connectivity index (χ0) is 10.5. The monoisotopic (exact) mass is 210 g/mol. The first-order valence-electron chi connectivity index (χ1n) is 6.38. The molecule has 86 valence electrons. The van der Waals surface area contributed by atoms with Gasteiger partial charge in [0, 0.05) is 17.6 Å². The number of hydrogen-bond donors (Lipinski definition) is 2. The molecule has 4 aliphatic rings. The van der Waals surface area contributed by atoms with Gasteiger partial charge in [0.05, 0.1) is 6.61 Å². The fraction of sp³-hybridized carbons (Fsp3) is 1.00. The lowest BCUT2D eigenvalue weighted by atomic mass is 9.76. The highest BCUT2D eigenvalue weighted by Gasteiger charge is 2.60. The van der Waals surface area contributed by atoms with Crippen molar-refractivity contribution in [2.45, 2.75) is 50.2 Å². The lowest BCUT2D eigenvalue weighted by Crippen LogP contribution is -2.65. The van der Waals surface area contributed by atoms with Crippen LogP contribution in [0.25, 0.3) is 0 Å². The number of aliphatic hydroxyl groups is 1. The first kappa shape index (κ1) is 10.1. The normalized spacial score (nSPS) is 43.2. The van der Waals surface area contributed by atoms with Gasteiger partial charge in [-0.1, -0.05) is 0 Å². The summed E-state index contributed by atoms with van der Waals surface area (Å²) in [6, 6.07) is 0.912. The van der Waals surface area contributed by atoms with E-state index in [0.29, 0.717) is 11.6 Å². The van der Waals surface area contributed by atoms with Crippen molar-refractivity contribution in [1.29, 1.82) is 0 Å². The zero-order valence-corrected chi connectivity index (χ0v) is 9.58. The topological polar surface area (TPSA) is 35.5 Å². The molecule has 3 saturated heterocycles. The minimum Gasteiger partial charge on any atom is -0.395 e. The van der Waals surface area contributed by atoms with E-state index >= 15 is 0 Å². The molecule has 3 heteroatoms. The van der Waals surface area contributed by atoms with Crippen molar-refractivity contribution in [2.24, 2.45) is 5.92 Å². The van der Waals surface area contributed by atoms with Crippen LogP contribution in [0.2, 0.25) is 0 Å². The van der Waals surface area contributed by atoms with Crippen LogP contribution in [-0.2, 0) is 0 Å². The maximum absolute atomic E-state index is 9.15. The molecule has 0 aromatic rings. The third kappa shape index (κ3) is 1.44. The molecule has 2 bridgehead atoms. The van der Waals surface area contributed by atoms with Crippen molar-refractivity contribution in [3.63, 3.8) is 0 Å². The summed E-state index contributed by atoms with van der Waals surface area (Å²) in [6.45, 7) is 4.99. The molecule has 3 heterocycles. The lowest BCUT2D eigenvalue weighted by molar-refractivity contribution is -0.00893. The molecule has 4 fully saturated rings. The van der Waals surface area contributed by atoms with Crippen molar-refractivity contribution in [3.8, 4) is 0 Å². The molecule has 1 saturated carbocycles. The standard InChI is InChI=1S/C12H22N2O/c1-9(8-15)13-11-10-2-6-14(7-3-10)12(11)4-5-12/h9-11,13,15H,2-8H2,1H3. The minimum absolute atomic E-state index is 0.257. The number of fused-ring (bicyclic) bond motifs is 2. The average Bonchev–Trinajstić information content (AvgIpc) is 3.05. The van der Waals surface area contributed by atoms with Crippen LogP contribution in [0, 0.1) is 5.92 Å². The van der Waals surface area contributed by atoms with E-state index in [2.05, 4.69) is 17.1 Å². The molecule has 2 N–H and O–H groups in total. The van der Waals surface area contributed by atoms with E-state index in [9.17, 15) is 0 Å². The van der Waals surface area contributed by atoms with Crippen molar-refractivity contribution < 1.29 is 5.11 Å². The highest BCUT2D eigenvalue weighted by atomic mass is 16.3. The quantitative estimate of drug-likeness (QED) is 0.715. The zero-order valence-electron chi connectivity index (χ0n) is 9.58. The van der Waals surface area contributed by atoms with Crippen LogP contribution in [0.4, 0.5) is 0 Å². The molecule has 0 amide bonds. The Balaban J connectivity index is 1.75. The summed E-state index contributed by atoms with van der Waals surface area (Å²) < 4.78 is 0. The molecule has 4 rings (SSSR count). The number of rotatable bonds is 3. The fourth-order valence-electron chi connectivity index (χ4n) is 3.72. The van der Waals surface area contributed by atoms with Crippen LogP contribution in [-0.4, -0.2) is 47.3 Å². The molecule has 3 aliphatic heterocycles. The second-order valence-corrected chi connectivity index (χ2v) is 5.66. The minimum atomic E-state index is 0.257. The summed E-state index contributed by atoms with van der Waals surface area (Å²) in [4.78, 5) is 2.70.